The standard InChI is InChI=1S/C21H21N5O2/c27-19(24-13-16-11-18(24)12-22-16)14-25-21(28)26(17-9-5-2-6-10-17)20(23-25)15-7-3-1-4-8-15/h1-10,16,18,22H,11-14H2/t16-,18-/m0/s1. The van der Waals surface area contributed by atoms with E-state index in [9.17, 15) is 9.59 Å². The summed E-state index contributed by atoms with van der Waals surface area (Å²) in [6.45, 7) is 1.50. The highest BCUT2D eigenvalue weighted by atomic mass is 16.2. The van der Waals surface area contributed by atoms with Gasteiger partial charge >= 0.3 is 5.69 Å². The van der Waals surface area contributed by atoms with Crippen molar-refractivity contribution in [2.45, 2.75) is 25.0 Å². The molecule has 7 heteroatoms. The van der Waals surface area contributed by atoms with Crippen LogP contribution in [0.15, 0.2) is 65.5 Å². The molecule has 28 heavy (non-hydrogen) atoms. The summed E-state index contributed by atoms with van der Waals surface area (Å²) < 4.78 is 2.86. The molecule has 2 bridgehead atoms. The van der Waals surface area contributed by atoms with Gasteiger partial charge in [-0.05, 0) is 18.6 Å². The molecule has 2 aromatic carbocycles. The first-order chi connectivity index (χ1) is 13.7. The third-order valence-corrected chi connectivity index (χ3v) is 5.55. The maximum absolute atomic E-state index is 13.2. The first-order valence-electron chi connectivity index (χ1n) is 9.54. The first kappa shape index (κ1) is 16.9. The van der Waals surface area contributed by atoms with E-state index in [0.29, 0.717) is 18.4 Å². The van der Waals surface area contributed by atoms with E-state index in [-0.39, 0.29) is 24.2 Å². The van der Waals surface area contributed by atoms with Gasteiger partial charge in [0.15, 0.2) is 5.82 Å². The van der Waals surface area contributed by atoms with Crippen molar-refractivity contribution in [3.8, 4) is 17.1 Å². The fourth-order valence-electron chi connectivity index (χ4n) is 4.18. The van der Waals surface area contributed by atoms with Crippen LogP contribution in [0, 0.1) is 0 Å². The van der Waals surface area contributed by atoms with Crippen molar-refractivity contribution in [2.24, 2.45) is 0 Å². The van der Waals surface area contributed by atoms with Gasteiger partial charge in [0.1, 0.15) is 6.54 Å². The number of benzene rings is 2. The monoisotopic (exact) mass is 375 g/mol. The molecule has 5 rings (SSSR count). The molecule has 2 aliphatic heterocycles. The number of amides is 1. The van der Waals surface area contributed by atoms with Crippen LogP contribution in [-0.2, 0) is 11.3 Å². The van der Waals surface area contributed by atoms with E-state index in [1.807, 2.05) is 65.6 Å². The number of rotatable bonds is 4. The maximum atomic E-state index is 13.2. The predicted molar refractivity (Wildman–Crippen MR) is 105 cm³/mol. The summed E-state index contributed by atoms with van der Waals surface area (Å²) in [4.78, 5) is 27.9. The smallest absolute Gasteiger partial charge is 0.335 e. The molecule has 0 radical (unpaired) electrons. The summed E-state index contributed by atoms with van der Waals surface area (Å²) in [5, 5.41) is 7.92. The molecule has 1 N–H and O–H groups in total. The number of aromatic nitrogens is 3. The SMILES string of the molecule is O=C(Cn1nc(-c2ccccc2)n(-c2ccccc2)c1=O)N1C[C@@H]2C[C@H]1CN2. The molecule has 2 saturated heterocycles. The summed E-state index contributed by atoms with van der Waals surface area (Å²) >= 11 is 0. The van der Waals surface area contributed by atoms with Gasteiger partial charge in [-0.1, -0.05) is 48.5 Å². The molecule has 1 aromatic heterocycles. The molecule has 3 heterocycles. The Kier molecular flexibility index (Phi) is 4.09. The number of hydrogen-bond donors (Lipinski definition) is 1. The van der Waals surface area contributed by atoms with Crippen molar-refractivity contribution in [1.29, 1.82) is 0 Å². The summed E-state index contributed by atoms with van der Waals surface area (Å²) in [7, 11) is 0. The Morgan fingerprint density at radius 3 is 2.43 bits per heavy atom. The quantitative estimate of drug-likeness (QED) is 0.746. The van der Waals surface area contributed by atoms with Crippen LogP contribution < -0.4 is 11.0 Å². The van der Waals surface area contributed by atoms with E-state index < -0.39 is 0 Å². The third-order valence-electron chi connectivity index (χ3n) is 5.55. The summed E-state index contributed by atoms with van der Waals surface area (Å²) in [6.07, 6.45) is 0.994. The molecular weight excluding hydrogens is 354 g/mol. The molecule has 1 amide bonds. The van der Waals surface area contributed by atoms with Gasteiger partial charge in [-0.2, -0.15) is 0 Å². The molecular formula is C21H21N5O2. The number of piperazine rings is 1. The number of fused-ring (bicyclic) bond motifs is 2. The molecule has 7 nitrogen and oxygen atoms in total. The molecule has 142 valence electrons. The second kappa shape index (κ2) is 6.76. The molecule has 0 spiro atoms. The lowest BCUT2D eigenvalue weighted by Crippen LogP contribution is -2.48. The van der Waals surface area contributed by atoms with Gasteiger partial charge in [0.25, 0.3) is 0 Å². The van der Waals surface area contributed by atoms with Crippen LogP contribution in [0.5, 0.6) is 0 Å². The van der Waals surface area contributed by atoms with Crippen molar-refractivity contribution in [1.82, 2.24) is 24.6 Å². The van der Waals surface area contributed by atoms with Gasteiger partial charge in [-0.15, -0.1) is 5.10 Å². The topological polar surface area (TPSA) is 72.2 Å². The third kappa shape index (κ3) is 2.84. The van der Waals surface area contributed by atoms with Crippen LogP contribution in [0.25, 0.3) is 17.1 Å². The molecule has 0 saturated carbocycles. The highest BCUT2D eigenvalue weighted by molar-refractivity contribution is 5.77. The highest BCUT2D eigenvalue weighted by Crippen LogP contribution is 2.24. The van der Waals surface area contributed by atoms with E-state index in [0.717, 1.165) is 24.2 Å². The van der Waals surface area contributed by atoms with E-state index >= 15 is 0 Å². The van der Waals surface area contributed by atoms with Crippen molar-refractivity contribution < 1.29 is 4.79 Å². The van der Waals surface area contributed by atoms with Crippen LogP contribution in [0.3, 0.4) is 0 Å². The molecule has 2 aliphatic rings. The zero-order valence-electron chi connectivity index (χ0n) is 15.4. The van der Waals surface area contributed by atoms with Crippen LogP contribution in [-0.4, -0.2) is 50.3 Å². The molecule has 0 unspecified atom stereocenters. The average Bonchev–Trinajstić information content (AvgIpc) is 3.45. The van der Waals surface area contributed by atoms with Gasteiger partial charge in [-0.3, -0.25) is 4.79 Å². The number of carbonyl (C=O) groups is 1. The molecule has 2 atom stereocenters. The Morgan fingerprint density at radius 1 is 1.07 bits per heavy atom. The molecule has 0 aliphatic carbocycles. The van der Waals surface area contributed by atoms with Gasteiger partial charge in [0.2, 0.25) is 5.91 Å². The Hall–Kier alpha value is -3.19. The Balaban J connectivity index is 1.53. The van der Waals surface area contributed by atoms with Gasteiger partial charge < -0.3 is 10.2 Å². The molecule has 2 fully saturated rings. The minimum atomic E-state index is -0.305. The van der Waals surface area contributed by atoms with Crippen molar-refractivity contribution in [3.63, 3.8) is 0 Å². The number of carbonyl (C=O) groups excluding carboxylic acids is 1. The summed E-state index contributed by atoms with van der Waals surface area (Å²) in [5.74, 6) is 0.489. The van der Waals surface area contributed by atoms with E-state index in [4.69, 9.17) is 0 Å². The lowest BCUT2D eigenvalue weighted by Gasteiger charge is -2.27. The minimum Gasteiger partial charge on any atom is -0.335 e. The van der Waals surface area contributed by atoms with E-state index in [2.05, 4.69) is 10.4 Å². The van der Waals surface area contributed by atoms with Crippen molar-refractivity contribution in [2.75, 3.05) is 13.1 Å². The average molecular weight is 375 g/mol. The van der Waals surface area contributed by atoms with Gasteiger partial charge in [0.05, 0.1) is 5.69 Å². The van der Waals surface area contributed by atoms with E-state index in [1.165, 1.54) is 4.68 Å². The van der Waals surface area contributed by atoms with Crippen molar-refractivity contribution >= 4 is 5.91 Å². The van der Waals surface area contributed by atoms with Crippen LogP contribution in [0.2, 0.25) is 0 Å². The highest BCUT2D eigenvalue weighted by Gasteiger charge is 2.40. The number of nitrogens with zero attached hydrogens (tertiary/aromatic N) is 4. The molecule has 3 aromatic rings. The Bertz CT molecular complexity index is 1060. The fraction of sp³-hybridized carbons (Fsp3) is 0.286. The number of nitrogens with one attached hydrogen (secondary N) is 1. The van der Waals surface area contributed by atoms with Gasteiger partial charge in [-0.25, -0.2) is 14.0 Å². The number of para-hydroxylation sites is 1. The van der Waals surface area contributed by atoms with Crippen LogP contribution in [0.4, 0.5) is 0 Å². The lowest BCUT2D eigenvalue weighted by molar-refractivity contribution is -0.133. The number of hydrogen-bond acceptors (Lipinski definition) is 4. The Labute approximate surface area is 162 Å². The predicted octanol–water partition coefficient (Wildman–Crippen LogP) is 1.27. The summed E-state index contributed by atoms with van der Waals surface area (Å²) in [6, 6.07) is 19.6. The maximum Gasteiger partial charge on any atom is 0.351 e. The lowest BCUT2D eigenvalue weighted by atomic mass is 10.2. The van der Waals surface area contributed by atoms with E-state index in [1.54, 1.807) is 4.57 Å². The van der Waals surface area contributed by atoms with Crippen LogP contribution >= 0.6 is 0 Å². The number of likely N-dealkylation sites (tertiary alicyclic amines) is 1. The second-order valence-corrected chi connectivity index (χ2v) is 7.34. The largest absolute Gasteiger partial charge is 0.351 e. The zero-order valence-corrected chi connectivity index (χ0v) is 15.4. The second-order valence-electron chi connectivity index (χ2n) is 7.34. The summed E-state index contributed by atoms with van der Waals surface area (Å²) in [5.41, 5.74) is 1.26. The normalized spacial score (nSPS) is 20.6. The minimum absolute atomic E-state index is 0.0400. The van der Waals surface area contributed by atoms with Gasteiger partial charge in [0, 0.05) is 30.7 Å². The fourth-order valence-corrected chi connectivity index (χ4v) is 4.18. The Morgan fingerprint density at radius 2 is 1.79 bits per heavy atom. The van der Waals surface area contributed by atoms with Crippen LogP contribution in [0.1, 0.15) is 6.42 Å². The zero-order chi connectivity index (χ0) is 19.1. The van der Waals surface area contributed by atoms with Crippen molar-refractivity contribution in [3.05, 3.63) is 71.1 Å². The first-order valence-corrected chi connectivity index (χ1v) is 9.54.